The van der Waals surface area contributed by atoms with Crippen LogP contribution in [0, 0.1) is 5.92 Å². The third-order valence-corrected chi connectivity index (χ3v) is 4.34. The topological polar surface area (TPSA) is 51.2 Å². The maximum atomic E-state index is 12.0. The van der Waals surface area contributed by atoms with Crippen LogP contribution < -0.4 is 10.1 Å². The van der Waals surface area contributed by atoms with Crippen molar-refractivity contribution in [1.82, 2.24) is 10.3 Å². The predicted octanol–water partition coefficient (Wildman–Crippen LogP) is 4.17. The molecule has 0 aliphatic heterocycles. The van der Waals surface area contributed by atoms with Crippen molar-refractivity contribution in [2.75, 3.05) is 6.54 Å². The van der Waals surface area contributed by atoms with Gasteiger partial charge in [-0.3, -0.25) is 4.79 Å². The first-order chi connectivity index (χ1) is 10.7. The van der Waals surface area contributed by atoms with E-state index in [9.17, 15) is 4.79 Å². The summed E-state index contributed by atoms with van der Waals surface area (Å²) in [6.07, 6.45) is 5.27. The van der Waals surface area contributed by atoms with Crippen LogP contribution in [0.15, 0.2) is 47.1 Å². The molecule has 1 fully saturated rings. The van der Waals surface area contributed by atoms with Crippen LogP contribution in [0.25, 0.3) is 0 Å². The first-order valence-corrected chi connectivity index (χ1v) is 8.18. The van der Waals surface area contributed by atoms with Crippen LogP contribution in [0.3, 0.4) is 0 Å². The molecule has 0 spiro atoms. The van der Waals surface area contributed by atoms with Gasteiger partial charge >= 0.3 is 0 Å². The number of rotatable bonds is 5. The van der Waals surface area contributed by atoms with Crippen molar-refractivity contribution in [2.45, 2.75) is 19.3 Å². The highest BCUT2D eigenvalue weighted by atomic mass is 79.9. The Morgan fingerprint density at radius 2 is 2.00 bits per heavy atom. The standard InChI is InChI=1S/C17H17BrN2O2/c18-14-5-7-15(8-6-14)22-16-9-4-13(11-19-16)17(21)20-10-12-2-1-3-12/h4-9,11-12H,1-3,10H2,(H,20,21). The van der Waals surface area contributed by atoms with Gasteiger partial charge in [-0.2, -0.15) is 0 Å². The van der Waals surface area contributed by atoms with E-state index in [2.05, 4.69) is 26.2 Å². The Hall–Kier alpha value is -1.88. The highest BCUT2D eigenvalue weighted by Gasteiger charge is 2.18. The van der Waals surface area contributed by atoms with Crippen molar-refractivity contribution in [3.05, 3.63) is 52.6 Å². The minimum absolute atomic E-state index is 0.0745. The van der Waals surface area contributed by atoms with Crippen molar-refractivity contribution in [2.24, 2.45) is 5.92 Å². The average Bonchev–Trinajstić information content (AvgIpc) is 2.49. The summed E-state index contributed by atoms with van der Waals surface area (Å²) in [5.74, 6) is 1.75. The molecule has 22 heavy (non-hydrogen) atoms. The zero-order chi connectivity index (χ0) is 15.4. The molecule has 4 nitrogen and oxygen atoms in total. The lowest BCUT2D eigenvalue weighted by Gasteiger charge is -2.25. The average molecular weight is 361 g/mol. The minimum Gasteiger partial charge on any atom is -0.439 e. The number of carbonyl (C=O) groups excluding carboxylic acids is 1. The molecule has 2 aromatic rings. The number of carbonyl (C=O) groups is 1. The summed E-state index contributed by atoms with van der Waals surface area (Å²) in [6, 6.07) is 10.9. The van der Waals surface area contributed by atoms with Crippen molar-refractivity contribution in [3.8, 4) is 11.6 Å². The number of pyridine rings is 1. The molecule has 1 aromatic carbocycles. The van der Waals surface area contributed by atoms with Crippen LogP contribution in [-0.4, -0.2) is 17.4 Å². The monoisotopic (exact) mass is 360 g/mol. The number of benzene rings is 1. The quantitative estimate of drug-likeness (QED) is 0.870. The number of hydrogen-bond acceptors (Lipinski definition) is 3. The second kappa shape index (κ2) is 6.92. The lowest BCUT2D eigenvalue weighted by atomic mass is 9.85. The number of amides is 1. The molecule has 0 atom stereocenters. The zero-order valence-electron chi connectivity index (χ0n) is 12.1. The van der Waals surface area contributed by atoms with Crippen LogP contribution in [-0.2, 0) is 0 Å². The van der Waals surface area contributed by atoms with Crippen molar-refractivity contribution < 1.29 is 9.53 Å². The highest BCUT2D eigenvalue weighted by molar-refractivity contribution is 9.10. The van der Waals surface area contributed by atoms with Crippen LogP contribution in [0.2, 0.25) is 0 Å². The molecule has 1 aromatic heterocycles. The Bertz CT molecular complexity index is 637. The summed E-state index contributed by atoms with van der Waals surface area (Å²) in [7, 11) is 0. The third kappa shape index (κ3) is 3.85. The van der Waals surface area contributed by atoms with Gasteiger partial charge in [0.1, 0.15) is 5.75 Å². The Morgan fingerprint density at radius 1 is 1.23 bits per heavy atom. The molecule has 5 heteroatoms. The highest BCUT2D eigenvalue weighted by Crippen LogP contribution is 2.25. The number of aromatic nitrogens is 1. The molecule has 1 aliphatic rings. The molecule has 1 amide bonds. The molecular weight excluding hydrogens is 344 g/mol. The number of ether oxygens (including phenoxy) is 1. The summed E-state index contributed by atoms with van der Waals surface area (Å²) < 4.78 is 6.62. The maximum Gasteiger partial charge on any atom is 0.252 e. The fourth-order valence-electron chi connectivity index (χ4n) is 2.23. The van der Waals surface area contributed by atoms with Crippen molar-refractivity contribution >= 4 is 21.8 Å². The van der Waals surface area contributed by atoms with E-state index in [0.29, 0.717) is 23.1 Å². The third-order valence-electron chi connectivity index (χ3n) is 3.81. The second-order valence-corrected chi connectivity index (χ2v) is 6.36. The van der Waals surface area contributed by atoms with Crippen LogP contribution in [0.5, 0.6) is 11.6 Å². The molecule has 1 saturated carbocycles. The van der Waals surface area contributed by atoms with Gasteiger partial charge in [-0.15, -0.1) is 0 Å². The number of hydrogen-bond donors (Lipinski definition) is 1. The SMILES string of the molecule is O=C(NCC1CCC1)c1ccc(Oc2ccc(Br)cc2)nc1. The van der Waals surface area contributed by atoms with Gasteiger partial charge in [-0.05, 0) is 49.1 Å². The zero-order valence-corrected chi connectivity index (χ0v) is 13.7. The van der Waals surface area contributed by atoms with Gasteiger partial charge < -0.3 is 10.1 Å². The maximum absolute atomic E-state index is 12.0. The van der Waals surface area contributed by atoms with Crippen LogP contribution in [0.4, 0.5) is 0 Å². The van der Waals surface area contributed by atoms with Gasteiger partial charge in [0.25, 0.3) is 5.91 Å². The number of halogens is 1. The summed E-state index contributed by atoms with van der Waals surface area (Å²) in [4.78, 5) is 16.2. The van der Waals surface area contributed by atoms with E-state index < -0.39 is 0 Å². The first-order valence-electron chi connectivity index (χ1n) is 7.38. The van der Waals surface area contributed by atoms with Gasteiger partial charge in [-0.25, -0.2) is 4.98 Å². The first kappa shape index (κ1) is 15.0. The Labute approximate surface area is 138 Å². The summed E-state index contributed by atoms with van der Waals surface area (Å²) in [6.45, 7) is 0.760. The Morgan fingerprint density at radius 3 is 2.59 bits per heavy atom. The predicted molar refractivity (Wildman–Crippen MR) is 88.1 cm³/mol. The number of nitrogens with zero attached hydrogens (tertiary/aromatic N) is 1. The molecule has 1 aliphatic carbocycles. The summed E-state index contributed by atoms with van der Waals surface area (Å²) >= 11 is 3.37. The van der Waals surface area contributed by atoms with Gasteiger partial charge in [0.2, 0.25) is 5.88 Å². The molecule has 0 radical (unpaired) electrons. The summed E-state index contributed by atoms with van der Waals surface area (Å²) in [5, 5.41) is 2.95. The smallest absolute Gasteiger partial charge is 0.252 e. The van der Waals surface area contributed by atoms with Gasteiger partial charge in [0, 0.05) is 23.3 Å². The minimum atomic E-state index is -0.0745. The van der Waals surface area contributed by atoms with E-state index in [1.54, 1.807) is 18.3 Å². The van der Waals surface area contributed by atoms with Crippen LogP contribution in [0.1, 0.15) is 29.6 Å². The Balaban J connectivity index is 1.57. The molecule has 0 unspecified atom stereocenters. The normalized spacial score (nSPS) is 14.2. The van der Waals surface area contributed by atoms with E-state index in [-0.39, 0.29) is 5.91 Å². The van der Waals surface area contributed by atoms with Crippen molar-refractivity contribution in [3.63, 3.8) is 0 Å². The van der Waals surface area contributed by atoms with Gasteiger partial charge in [0.05, 0.1) is 5.56 Å². The van der Waals surface area contributed by atoms with E-state index in [4.69, 9.17) is 4.74 Å². The molecule has 0 bridgehead atoms. The van der Waals surface area contributed by atoms with E-state index in [0.717, 1.165) is 11.0 Å². The van der Waals surface area contributed by atoms with E-state index in [1.165, 1.54) is 19.3 Å². The Kier molecular flexibility index (Phi) is 4.73. The molecule has 0 saturated heterocycles. The van der Waals surface area contributed by atoms with Gasteiger partial charge in [-0.1, -0.05) is 22.4 Å². The fraction of sp³-hybridized carbons (Fsp3) is 0.294. The number of nitrogens with one attached hydrogen (secondary N) is 1. The molecule has 3 rings (SSSR count). The molecular formula is C17H17BrN2O2. The van der Waals surface area contributed by atoms with Gasteiger partial charge in [0.15, 0.2) is 0 Å². The molecule has 114 valence electrons. The van der Waals surface area contributed by atoms with E-state index >= 15 is 0 Å². The fourth-order valence-corrected chi connectivity index (χ4v) is 2.50. The summed E-state index contributed by atoms with van der Waals surface area (Å²) in [5.41, 5.74) is 0.558. The molecule has 1 heterocycles. The molecule has 1 N–H and O–H groups in total. The lowest BCUT2D eigenvalue weighted by molar-refractivity contribution is 0.0938. The van der Waals surface area contributed by atoms with Crippen LogP contribution >= 0.6 is 15.9 Å². The lowest BCUT2D eigenvalue weighted by Crippen LogP contribution is -2.32. The second-order valence-electron chi connectivity index (χ2n) is 5.45. The largest absolute Gasteiger partial charge is 0.439 e. The van der Waals surface area contributed by atoms with E-state index in [1.807, 2.05) is 24.3 Å². The van der Waals surface area contributed by atoms with Crippen molar-refractivity contribution in [1.29, 1.82) is 0 Å².